The quantitative estimate of drug-likeness (QED) is 0.891. The summed E-state index contributed by atoms with van der Waals surface area (Å²) in [7, 11) is 0. The second kappa shape index (κ2) is 6.41. The molecule has 0 spiro atoms. The number of nitrogens with zero attached hydrogens (tertiary/aromatic N) is 6. The molecule has 2 aromatic rings. The minimum absolute atomic E-state index is 0.101. The molecule has 0 aliphatic carbocycles. The summed E-state index contributed by atoms with van der Waals surface area (Å²) in [5.74, 6) is -0.334. The van der Waals surface area contributed by atoms with Crippen LogP contribution in [0.3, 0.4) is 0 Å². The number of hydrogen-bond acceptors (Lipinski definition) is 6. The van der Waals surface area contributed by atoms with Gasteiger partial charge in [0.05, 0.1) is 29.5 Å². The Balaban J connectivity index is 1.77. The van der Waals surface area contributed by atoms with E-state index in [1.54, 1.807) is 4.80 Å². The van der Waals surface area contributed by atoms with Crippen LogP contribution in [0.15, 0.2) is 12.4 Å². The fourth-order valence-electron chi connectivity index (χ4n) is 2.87. The summed E-state index contributed by atoms with van der Waals surface area (Å²) in [6.45, 7) is 6.40. The summed E-state index contributed by atoms with van der Waals surface area (Å²) >= 11 is 0. The molecule has 23 heavy (non-hydrogen) atoms. The van der Waals surface area contributed by atoms with Crippen molar-refractivity contribution in [2.75, 3.05) is 6.54 Å². The molecule has 2 aromatic heterocycles. The van der Waals surface area contributed by atoms with Crippen LogP contribution < -0.4 is 0 Å². The van der Waals surface area contributed by atoms with Gasteiger partial charge in [0.1, 0.15) is 5.82 Å². The Morgan fingerprint density at radius 3 is 2.70 bits per heavy atom. The Hall–Kier alpha value is -2.35. The lowest BCUT2D eigenvalue weighted by Crippen LogP contribution is -2.25. The summed E-state index contributed by atoms with van der Waals surface area (Å²) in [4.78, 5) is 23.4. The minimum atomic E-state index is -1.01. The molecule has 1 aliphatic heterocycles. The van der Waals surface area contributed by atoms with Crippen molar-refractivity contribution in [3.63, 3.8) is 0 Å². The van der Waals surface area contributed by atoms with E-state index in [0.717, 1.165) is 37.3 Å². The summed E-state index contributed by atoms with van der Waals surface area (Å²) in [5.41, 5.74) is 2.03. The van der Waals surface area contributed by atoms with Crippen molar-refractivity contribution in [1.29, 1.82) is 0 Å². The third-order valence-corrected chi connectivity index (χ3v) is 4.14. The number of carboxylic acids is 1. The van der Waals surface area contributed by atoms with Gasteiger partial charge < -0.3 is 5.11 Å². The molecule has 0 bridgehead atoms. The van der Waals surface area contributed by atoms with Gasteiger partial charge in [-0.15, -0.1) is 0 Å². The van der Waals surface area contributed by atoms with Gasteiger partial charge in [-0.1, -0.05) is 0 Å². The van der Waals surface area contributed by atoms with Gasteiger partial charge in [0.15, 0.2) is 0 Å². The van der Waals surface area contributed by atoms with Crippen LogP contribution in [-0.2, 0) is 13.1 Å². The number of carbonyl (C=O) groups is 1. The van der Waals surface area contributed by atoms with E-state index in [9.17, 15) is 4.79 Å². The van der Waals surface area contributed by atoms with Crippen molar-refractivity contribution in [3.8, 4) is 0 Å². The van der Waals surface area contributed by atoms with Crippen LogP contribution in [0, 0.1) is 6.92 Å². The first kappa shape index (κ1) is 15.5. The minimum Gasteiger partial charge on any atom is -0.478 e. The van der Waals surface area contributed by atoms with E-state index in [4.69, 9.17) is 5.11 Å². The van der Waals surface area contributed by atoms with Gasteiger partial charge in [0, 0.05) is 18.9 Å². The second-order valence-corrected chi connectivity index (χ2v) is 5.68. The van der Waals surface area contributed by atoms with Crippen molar-refractivity contribution >= 4 is 5.97 Å². The molecule has 3 rings (SSSR count). The van der Waals surface area contributed by atoms with Crippen molar-refractivity contribution in [2.45, 2.75) is 45.8 Å². The number of rotatable bonds is 5. The average molecular weight is 316 g/mol. The molecular weight excluding hydrogens is 296 g/mol. The van der Waals surface area contributed by atoms with Crippen molar-refractivity contribution in [3.05, 3.63) is 35.2 Å². The Morgan fingerprint density at radius 1 is 1.35 bits per heavy atom. The van der Waals surface area contributed by atoms with Crippen LogP contribution in [0.25, 0.3) is 0 Å². The number of aryl methyl sites for hydroxylation is 2. The Kier molecular flexibility index (Phi) is 4.33. The monoisotopic (exact) mass is 316 g/mol. The maximum absolute atomic E-state index is 10.9. The van der Waals surface area contributed by atoms with E-state index >= 15 is 0 Å². The molecule has 3 heterocycles. The number of aromatic nitrogens is 5. The molecule has 0 amide bonds. The largest absolute Gasteiger partial charge is 0.478 e. The molecule has 1 atom stereocenters. The Labute approximate surface area is 134 Å². The normalized spacial score (nSPS) is 18.4. The molecule has 0 aromatic carbocycles. The van der Waals surface area contributed by atoms with Gasteiger partial charge in [0.25, 0.3) is 0 Å². The number of likely N-dealkylation sites (tertiary alicyclic amines) is 1. The van der Waals surface area contributed by atoms with Gasteiger partial charge in [-0.05, 0) is 33.2 Å². The van der Waals surface area contributed by atoms with Crippen LogP contribution in [-0.4, -0.2) is 47.5 Å². The SMILES string of the molecule is CCn1nc(C)c(CN2CCCC2c2ncc(C(=O)O)cn2)n1. The van der Waals surface area contributed by atoms with E-state index in [2.05, 4.69) is 25.1 Å². The third-order valence-electron chi connectivity index (χ3n) is 4.14. The molecule has 0 saturated carbocycles. The second-order valence-electron chi connectivity index (χ2n) is 5.68. The molecule has 122 valence electrons. The average Bonchev–Trinajstić information content (AvgIpc) is 3.15. The molecule has 8 heteroatoms. The zero-order valence-corrected chi connectivity index (χ0v) is 13.3. The van der Waals surface area contributed by atoms with Gasteiger partial charge in [-0.2, -0.15) is 15.0 Å². The topological polar surface area (TPSA) is 97.0 Å². The summed E-state index contributed by atoms with van der Waals surface area (Å²) < 4.78 is 0. The van der Waals surface area contributed by atoms with Crippen molar-refractivity contribution in [2.24, 2.45) is 0 Å². The van der Waals surface area contributed by atoms with Crippen LogP contribution in [0.1, 0.15) is 53.4 Å². The van der Waals surface area contributed by atoms with Gasteiger partial charge in [-0.25, -0.2) is 14.8 Å². The zero-order chi connectivity index (χ0) is 16.4. The van der Waals surface area contributed by atoms with E-state index in [-0.39, 0.29) is 11.6 Å². The highest BCUT2D eigenvalue weighted by molar-refractivity contribution is 5.86. The van der Waals surface area contributed by atoms with E-state index in [0.29, 0.717) is 12.4 Å². The lowest BCUT2D eigenvalue weighted by molar-refractivity contribution is 0.0695. The highest BCUT2D eigenvalue weighted by Gasteiger charge is 2.29. The lowest BCUT2D eigenvalue weighted by Gasteiger charge is -2.22. The van der Waals surface area contributed by atoms with E-state index in [1.807, 2.05) is 13.8 Å². The smallest absolute Gasteiger partial charge is 0.338 e. The summed E-state index contributed by atoms with van der Waals surface area (Å²) in [6.07, 6.45) is 4.78. The van der Waals surface area contributed by atoms with Gasteiger partial charge >= 0.3 is 5.97 Å². The Bertz CT molecular complexity index is 696. The van der Waals surface area contributed by atoms with E-state index < -0.39 is 5.97 Å². The molecule has 1 fully saturated rings. The van der Waals surface area contributed by atoms with E-state index in [1.165, 1.54) is 12.4 Å². The predicted molar refractivity (Wildman–Crippen MR) is 81.8 cm³/mol. The van der Waals surface area contributed by atoms with Crippen molar-refractivity contribution < 1.29 is 9.90 Å². The maximum Gasteiger partial charge on any atom is 0.338 e. The van der Waals surface area contributed by atoms with Crippen LogP contribution >= 0.6 is 0 Å². The number of carboxylic acid groups (broad SMARTS) is 1. The standard InChI is InChI=1S/C15H20N6O2/c1-3-21-18-10(2)12(19-21)9-20-6-4-5-13(20)14-16-7-11(8-17-14)15(22)23/h7-8,13H,3-6,9H2,1-2H3,(H,22,23). The number of aromatic carboxylic acids is 1. The summed E-state index contributed by atoms with van der Waals surface area (Å²) in [6, 6.07) is 0.101. The first-order valence-electron chi connectivity index (χ1n) is 7.78. The maximum atomic E-state index is 10.9. The highest BCUT2D eigenvalue weighted by Crippen LogP contribution is 2.31. The molecule has 1 unspecified atom stereocenters. The fourth-order valence-corrected chi connectivity index (χ4v) is 2.87. The molecule has 1 aliphatic rings. The first-order chi connectivity index (χ1) is 11.1. The molecular formula is C15H20N6O2. The van der Waals surface area contributed by atoms with Crippen LogP contribution in [0.5, 0.6) is 0 Å². The third kappa shape index (κ3) is 3.21. The van der Waals surface area contributed by atoms with Gasteiger partial charge in [-0.3, -0.25) is 4.90 Å². The fraction of sp³-hybridized carbons (Fsp3) is 0.533. The predicted octanol–water partition coefficient (Wildman–Crippen LogP) is 1.43. The first-order valence-corrected chi connectivity index (χ1v) is 7.78. The van der Waals surface area contributed by atoms with Crippen molar-refractivity contribution in [1.82, 2.24) is 29.9 Å². The zero-order valence-electron chi connectivity index (χ0n) is 13.3. The lowest BCUT2D eigenvalue weighted by atomic mass is 10.2. The Morgan fingerprint density at radius 2 is 2.09 bits per heavy atom. The molecule has 1 N–H and O–H groups in total. The highest BCUT2D eigenvalue weighted by atomic mass is 16.4. The molecule has 1 saturated heterocycles. The summed E-state index contributed by atoms with van der Waals surface area (Å²) in [5, 5.41) is 17.8. The van der Waals surface area contributed by atoms with Gasteiger partial charge in [0.2, 0.25) is 0 Å². The molecule has 0 radical (unpaired) electrons. The van der Waals surface area contributed by atoms with Crippen LogP contribution in [0.2, 0.25) is 0 Å². The molecule has 8 nitrogen and oxygen atoms in total. The van der Waals surface area contributed by atoms with Crippen LogP contribution in [0.4, 0.5) is 0 Å². The number of hydrogen-bond donors (Lipinski definition) is 1.